The number of carbonyl (C=O) groups is 1. The molecule has 0 aliphatic heterocycles. The number of aromatic nitrogens is 2. The molecule has 30 heavy (non-hydrogen) atoms. The van der Waals surface area contributed by atoms with E-state index < -0.39 is 27.8 Å². The number of hydrogen-bond donors (Lipinski definition) is 1. The van der Waals surface area contributed by atoms with Crippen LogP contribution in [0.4, 0.5) is 4.39 Å². The summed E-state index contributed by atoms with van der Waals surface area (Å²) in [5, 5.41) is 2.87. The molecule has 1 aromatic heterocycles. The van der Waals surface area contributed by atoms with E-state index in [2.05, 4.69) is 10.3 Å². The third-order valence-electron chi connectivity index (χ3n) is 4.54. The van der Waals surface area contributed by atoms with Gasteiger partial charge in [0.05, 0.1) is 15.5 Å². The highest BCUT2D eigenvalue weighted by Gasteiger charge is 2.25. The average molecular weight is 451 g/mol. The zero-order valence-electron chi connectivity index (χ0n) is 16.5. The molecule has 0 spiro atoms. The van der Waals surface area contributed by atoms with E-state index >= 15 is 0 Å². The fourth-order valence-electron chi connectivity index (χ4n) is 2.90. The van der Waals surface area contributed by atoms with Gasteiger partial charge in [-0.15, -0.1) is 0 Å². The number of nitrogens with one attached hydrogen (secondary N) is 1. The van der Waals surface area contributed by atoms with Gasteiger partial charge in [-0.05, 0) is 35.9 Å². The van der Waals surface area contributed by atoms with Gasteiger partial charge in [0, 0.05) is 33.5 Å². The second-order valence-electron chi connectivity index (χ2n) is 6.79. The van der Waals surface area contributed by atoms with E-state index in [-0.39, 0.29) is 15.5 Å². The third-order valence-corrected chi connectivity index (χ3v) is 6.68. The van der Waals surface area contributed by atoms with Crippen molar-refractivity contribution in [1.29, 1.82) is 0 Å². The molecule has 0 saturated heterocycles. The number of imidazole rings is 1. The Balaban J connectivity index is 2.02. The van der Waals surface area contributed by atoms with Gasteiger partial charge < -0.3 is 9.88 Å². The minimum atomic E-state index is -3.76. The number of amides is 1. The van der Waals surface area contributed by atoms with Crippen LogP contribution in [-0.4, -0.2) is 42.3 Å². The summed E-state index contributed by atoms with van der Waals surface area (Å²) in [5.41, 5.74) is 0.459. The van der Waals surface area contributed by atoms with Crippen LogP contribution < -0.4 is 5.32 Å². The number of benzene rings is 2. The molecule has 3 rings (SSSR count). The summed E-state index contributed by atoms with van der Waals surface area (Å²) in [6, 6.07) is 8.91. The number of aryl methyl sites for hydroxylation is 1. The lowest BCUT2D eigenvalue weighted by atomic mass is 10.0. The molecular formula is C20H20ClFN4O3S. The highest BCUT2D eigenvalue weighted by molar-refractivity contribution is 7.89. The second kappa shape index (κ2) is 8.55. The Hall–Kier alpha value is -2.75. The maximum absolute atomic E-state index is 13.8. The Morgan fingerprint density at radius 1 is 1.23 bits per heavy atom. The molecule has 1 amide bonds. The van der Waals surface area contributed by atoms with Crippen molar-refractivity contribution < 1.29 is 17.6 Å². The molecule has 0 radical (unpaired) electrons. The van der Waals surface area contributed by atoms with Gasteiger partial charge in [0.1, 0.15) is 17.7 Å². The van der Waals surface area contributed by atoms with E-state index in [0.29, 0.717) is 11.4 Å². The Morgan fingerprint density at radius 3 is 2.57 bits per heavy atom. The largest absolute Gasteiger partial charge is 0.338 e. The molecule has 0 aliphatic carbocycles. The number of sulfonamides is 1. The first-order valence-electron chi connectivity index (χ1n) is 8.87. The fourth-order valence-corrected chi connectivity index (χ4v) is 4.03. The van der Waals surface area contributed by atoms with Crippen LogP contribution in [0.2, 0.25) is 5.02 Å². The van der Waals surface area contributed by atoms with Crippen molar-refractivity contribution in [3.63, 3.8) is 0 Å². The van der Waals surface area contributed by atoms with Crippen LogP contribution in [0, 0.1) is 5.82 Å². The lowest BCUT2D eigenvalue weighted by molar-refractivity contribution is 0.0941. The fraction of sp³-hybridized carbons (Fsp3) is 0.200. The predicted octanol–water partition coefficient (Wildman–Crippen LogP) is 2.98. The molecule has 1 atom stereocenters. The lowest BCUT2D eigenvalue weighted by Gasteiger charge is -2.20. The number of halogens is 2. The van der Waals surface area contributed by atoms with Crippen molar-refractivity contribution in [1.82, 2.24) is 19.2 Å². The molecule has 2 aromatic carbocycles. The van der Waals surface area contributed by atoms with Crippen LogP contribution in [-0.2, 0) is 17.1 Å². The van der Waals surface area contributed by atoms with Crippen LogP contribution >= 0.6 is 11.6 Å². The molecule has 0 saturated carbocycles. The summed E-state index contributed by atoms with van der Waals surface area (Å²) < 4.78 is 41.4. The highest BCUT2D eigenvalue weighted by Crippen LogP contribution is 2.25. The van der Waals surface area contributed by atoms with E-state index in [9.17, 15) is 17.6 Å². The number of rotatable bonds is 6. The maximum atomic E-state index is 13.8. The smallest absolute Gasteiger partial charge is 0.253 e. The van der Waals surface area contributed by atoms with Crippen LogP contribution in [0.1, 0.15) is 27.8 Å². The van der Waals surface area contributed by atoms with Crippen molar-refractivity contribution in [3.05, 3.63) is 82.6 Å². The molecular weight excluding hydrogens is 431 g/mol. The van der Waals surface area contributed by atoms with Crippen LogP contribution in [0.15, 0.2) is 59.8 Å². The molecule has 0 fully saturated rings. The van der Waals surface area contributed by atoms with Gasteiger partial charge in [0.25, 0.3) is 5.91 Å². The summed E-state index contributed by atoms with van der Waals surface area (Å²) in [6.45, 7) is 0. The molecule has 158 valence electrons. The SMILES string of the molecule is CN(C)S(=O)(=O)c1ccc(Cl)c(C(=O)NC(c2cccc(F)c2)c2nccn2C)c1. The van der Waals surface area contributed by atoms with Gasteiger partial charge in [-0.3, -0.25) is 4.79 Å². The van der Waals surface area contributed by atoms with Crippen LogP contribution in [0.5, 0.6) is 0 Å². The predicted molar refractivity (Wildman–Crippen MR) is 111 cm³/mol. The molecule has 1 unspecified atom stereocenters. The van der Waals surface area contributed by atoms with Crippen molar-refractivity contribution >= 4 is 27.5 Å². The Bertz CT molecular complexity index is 1190. The summed E-state index contributed by atoms with van der Waals surface area (Å²) in [5.74, 6) is -0.603. The van der Waals surface area contributed by atoms with Gasteiger partial charge in [-0.2, -0.15) is 0 Å². The van der Waals surface area contributed by atoms with E-state index in [1.807, 2.05) is 0 Å². The van der Waals surface area contributed by atoms with Crippen LogP contribution in [0.25, 0.3) is 0 Å². The van der Waals surface area contributed by atoms with Gasteiger partial charge in [-0.25, -0.2) is 22.1 Å². The quantitative estimate of drug-likeness (QED) is 0.625. The first-order chi connectivity index (χ1) is 14.1. The Kier molecular flexibility index (Phi) is 6.25. The topological polar surface area (TPSA) is 84.3 Å². The van der Waals surface area contributed by atoms with Crippen molar-refractivity contribution in [2.24, 2.45) is 7.05 Å². The standard InChI is InChI=1S/C20H20ClFN4O3S/c1-25(2)30(28,29)15-7-8-17(21)16(12-15)20(27)24-18(19-23-9-10-26(19)3)13-5-4-6-14(22)11-13/h4-12,18H,1-3H3,(H,24,27). The zero-order valence-corrected chi connectivity index (χ0v) is 18.1. The van der Waals surface area contributed by atoms with Crippen molar-refractivity contribution in [2.75, 3.05) is 14.1 Å². The monoisotopic (exact) mass is 450 g/mol. The number of carbonyl (C=O) groups excluding carboxylic acids is 1. The number of hydrogen-bond acceptors (Lipinski definition) is 4. The first-order valence-corrected chi connectivity index (χ1v) is 10.7. The summed E-state index contributed by atoms with van der Waals surface area (Å²) in [4.78, 5) is 17.2. The van der Waals surface area contributed by atoms with E-state index in [0.717, 1.165) is 4.31 Å². The third kappa shape index (κ3) is 4.38. The maximum Gasteiger partial charge on any atom is 0.253 e. The van der Waals surface area contributed by atoms with Gasteiger partial charge in [0.2, 0.25) is 10.0 Å². The normalized spacial score (nSPS) is 12.7. The Labute approximate surface area is 179 Å². The molecule has 3 aromatic rings. The lowest BCUT2D eigenvalue weighted by Crippen LogP contribution is -2.31. The number of nitrogens with zero attached hydrogens (tertiary/aromatic N) is 3. The van der Waals surface area contributed by atoms with Crippen molar-refractivity contribution in [2.45, 2.75) is 10.9 Å². The minimum Gasteiger partial charge on any atom is -0.338 e. The van der Waals surface area contributed by atoms with Gasteiger partial charge >= 0.3 is 0 Å². The minimum absolute atomic E-state index is 0.0183. The Morgan fingerprint density at radius 2 is 1.97 bits per heavy atom. The summed E-state index contributed by atoms with van der Waals surface area (Å²) in [6.07, 6.45) is 3.26. The average Bonchev–Trinajstić information content (AvgIpc) is 3.11. The molecule has 1 N–H and O–H groups in total. The van der Waals surface area contributed by atoms with Crippen LogP contribution in [0.3, 0.4) is 0 Å². The molecule has 0 bridgehead atoms. The van der Waals surface area contributed by atoms with Gasteiger partial charge in [-0.1, -0.05) is 23.7 Å². The molecule has 10 heteroatoms. The van der Waals surface area contributed by atoms with E-state index in [4.69, 9.17) is 11.6 Å². The van der Waals surface area contributed by atoms with E-state index in [1.165, 1.54) is 50.5 Å². The van der Waals surface area contributed by atoms with Gasteiger partial charge in [0.15, 0.2) is 0 Å². The second-order valence-corrected chi connectivity index (χ2v) is 9.35. The van der Waals surface area contributed by atoms with Crippen molar-refractivity contribution in [3.8, 4) is 0 Å². The van der Waals surface area contributed by atoms with E-state index in [1.54, 1.807) is 30.1 Å². The zero-order chi connectivity index (χ0) is 22.1. The first kappa shape index (κ1) is 21.9. The molecule has 1 heterocycles. The summed E-state index contributed by atoms with van der Waals surface area (Å²) in [7, 11) is 0.778. The molecule has 0 aliphatic rings. The summed E-state index contributed by atoms with van der Waals surface area (Å²) >= 11 is 6.18. The highest BCUT2D eigenvalue weighted by atomic mass is 35.5. The molecule has 7 nitrogen and oxygen atoms in total.